The van der Waals surface area contributed by atoms with E-state index in [1.807, 2.05) is 73.7 Å². The molecule has 0 radical (unpaired) electrons. The number of benzene rings is 3. The van der Waals surface area contributed by atoms with Crippen LogP contribution in [0, 0.1) is 5.82 Å². The van der Waals surface area contributed by atoms with E-state index in [0.717, 1.165) is 28.2 Å². The number of rotatable bonds is 7. The van der Waals surface area contributed by atoms with E-state index in [4.69, 9.17) is 4.74 Å². The summed E-state index contributed by atoms with van der Waals surface area (Å²) in [6.45, 7) is 3.31. The van der Waals surface area contributed by atoms with Gasteiger partial charge in [0.15, 0.2) is 0 Å². The smallest absolute Gasteiger partial charge is 0.320 e. The number of nitrogens with zero attached hydrogens (tertiary/aromatic N) is 4. The van der Waals surface area contributed by atoms with Gasteiger partial charge in [0.1, 0.15) is 16.9 Å². The molecule has 5 rings (SSSR count). The molecule has 0 spiro atoms. The quantitative estimate of drug-likeness (QED) is 0.372. The molecule has 0 saturated carbocycles. The topological polar surface area (TPSA) is 60.2 Å². The van der Waals surface area contributed by atoms with Crippen LogP contribution in [0.3, 0.4) is 0 Å². The lowest BCUT2D eigenvalue weighted by molar-refractivity contribution is -0.150. The Kier molecular flexibility index (Phi) is 6.31. The fourth-order valence-electron chi connectivity index (χ4n) is 4.94. The summed E-state index contributed by atoms with van der Waals surface area (Å²) in [4.78, 5) is 16.0. The number of hydrogen-bond acceptors (Lipinski definition) is 5. The van der Waals surface area contributed by atoms with Gasteiger partial charge in [0, 0.05) is 12.2 Å². The van der Waals surface area contributed by atoms with Gasteiger partial charge in [-0.25, -0.2) is 9.07 Å². The van der Waals surface area contributed by atoms with Crippen LogP contribution in [-0.2, 0) is 34.5 Å². The molecule has 3 aromatic carbocycles. The summed E-state index contributed by atoms with van der Waals surface area (Å²) in [6, 6.07) is 26.3. The number of carbonyl (C=O) groups excluding carboxylic acids is 1. The van der Waals surface area contributed by atoms with E-state index in [0.29, 0.717) is 26.1 Å². The van der Waals surface area contributed by atoms with Crippen molar-refractivity contribution >= 4 is 11.7 Å². The summed E-state index contributed by atoms with van der Waals surface area (Å²) in [5.41, 5.74) is 3.18. The minimum atomic E-state index is -1.04. The molecule has 1 atom stereocenters. The zero-order valence-corrected chi connectivity index (χ0v) is 19.6. The minimum Gasteiger partial charge on any atom is -0.465 e. The van der Waals surface area contributed by atoms with Crippen LogP contribution in [0.2, 0.25) is 0 Å². The second-order valence-electron chi connectivity index (χ2n) is 8.83. The molecule has 0 bridgehead atoms. The zero-order valence-electron chi connectivity index (χ0n) is 19.6. The van der Waals surface area contributed by atoms with E-state index in [2.05, 4.69) is 15.2 Å². The molecule has 1 aliphatic rings. The van der Waals surface area contributed by atoms with Gasteiger partial charge in [0.05, 0.1) is 25.4 Å². The first kappa shape index (κ1) is 22.8. The van der Waals surface area contributed by atoms with Gasteiger partial charge in [0.2, 0.25) is 0 Å². The van der Waals surface area contributed by atoms with Gasteiger partial charge >= 0.3 is 5.97 Å². The third-order valence-corrected chi connectivity index (χ3v) is 6.42. The number of para-hydroxylation sites is 1. The maximum atomic E-state index is 13.9. The maximum absolute atomic E-state index is 13.9. The first-order chi connectivity index (χ1) is 17.1. The lowest BCUT2D eigenvalue weighted by Crippen LogP contribution is -2.54. The molecular weight excluding hydrogens is 443 g/mol. The molecule has 4 aromatic rings. The summed E-state index contributed by atoms with van der Waals surface area (Å²) >= 11 is 0. The second-order valence-corrected chi connectivity index (χ2v) is 8.83. The van der Waals surface area contributed by atoms with E-state index < -0.39 is 5.41 Å². The molecule has 178 valence electrons. The van der Waals surface area contributed by atoms with Crippen molar-refractivity contribution in [3.63, 3.8) is 0 Å². The Morgan fingerprint density at radius 3 is 2.43 bits per heavy atom. The summed E-state index contributed by atoms with van der Waals surface area (Å²) in [7, 11) is 0. The van der Waals surface area contributed by atoms with Crippen LogP contribution >= 0.6 is 0 Å². The summed E-state index contributed by atoms with van der Waals surface area (Å²) in [5, 5.41) is 8.94. The molecular formula is C28H27FN4O2. The predicted molar refractivity (Wildman–Crippen MR) is 131 cm³/mol. The first-order valence-electron chi connectivity index (χ1n) is 11.8. The molecule has 35 heavy (non-hydrogen) atoms. The fraction of sp³-hybridized carbons (Fsp3) is 0.250. The summed E-state index contributed by atoms with van der Waals surface area (Å²) in [6.07, 6.45) is 0.430. The van der Waals surface area contributed by atoms with Gasteiger partial charge in [-0.05, 0) is 48.7 Å². The summed E-state index contributed by atoms with van der Waals surface area (Å²) < 4.78 is 21.4. The highest BCUT2D eigenvalue weighted by Gasteiger charge is 2.51. The highest BCUT2D eigenvalue weighted by Crippen LogP contribution is 2.39. The SMILES string of the molecule is CCOC(=O)C1(Cc2ccccc2)CN(c2ccccc2)Cc2nnn(Cc3cccc(F)c3)c21. The Labute approximate surface area is 204 Å². The van der Waals surface area contributed by atoms with Gasteiger partial charge in [0.25, 0.3) is 0 Å². The molecule has 0 N–H and O–H groups in total. The monoisotopic (exact) mass is 470 g/mol. The van der Waals surface area contributed by atoms with Gasteiger partial charge in [-0.15, -0.1) is 5.10 Å². The fourth-order valence-corrected chi connectivity index (χ4v) is 4.94. The van der Waals surface area contributed by atoms with Crippen LogP contribution in [0.4, 0.5) is 10.1 Å². The molecule has 0 aliphatic carbocycles. The van der Waals surface area contributed by atoms with Gasteiger partial charge in [-0.2, -0.15) is 0 Å². The van der Waals surface area contributed by atoms with Crippen LogP contribution in [0.5, 0.6) is 0 Å². The largest absolute Gasteiger partial charge is 0.465 e. The van der Waals surface area contributed by atoms with Crippen molar-refractivity contribution in [3.8, 4) is 0 Å². The van der Waals surface area contributed by atoms with Crippen LogP contribution in [0.25, 0.3) is 0 Å². The normalized spacial score (nSPS) is 17.1. The number of anilines is 1. The van der Waals surface area contributed by atoms with Crippen molar-refractivity contribution in [2.45, 2.75) is 31.8 Å². The average molecular weight is 471 g/mol. The molecule has 0 fully saturated rings. The Balaban J connectivity index is 1.66. The van der Waals surface area contributed by atoms with E-state index in [9.17, 15) is 9.18 Å². The van der Waals surface area contributed by atoms with E-state index in [1.165, 1.54) is 12.1 Å². The molecule has 6 nitrogen and oxygen atoms in total. The number of aromatic nitrogens is 3. The highest BCUT2D eigenvalue weighted by atomic mass is 19.1. The van der Waals surface area contributed by atoms with Gasteiger partial charge in [-0.3, -0.25) is 4.79 Å². The van der Waals surface area contributed by atoms with E-state index >= 15 is 0 Å². The standard InChI is InChI=1S/C28H27FN4O2/c1-2-35-27(34)28(17-21-10-5-3-6-11-21)20-32(24-14-7-4-8-15-24)19-25-26(28)33(31-30-25)18-22-12-9-13-23(29)16-22/h3-16H,2,17-20H2,1H3. The van der Waals surface area contributed by atoms with Crippen LogP contribution in [0.15, 0.2) is 84.9 Å². The Bertz CT molecular complexity index is 1310. The van der Waals surface area contributed by atoms with Crippen molar-refractivity contribution in [2.75, 3.05) is 18.1 Å². The zero-order chi connectivity index (χ0) is 24.3. The average Bonchev–Trinajstić information content (AvgIpc) is 3.28. The van der Waals surface area contributed by atoms with Crippen molar-refractivity contribution in [3.05, 3.63) is 113 Å². The van der Waals surface area contributed by atoms with E-state index in [1.54, 1.807) is 10.7 Å². The van der Waals surface area contributed by atoms with Crippen molar-refractivity contribution < 1.29 is 13.9 Å². The van der Waals surface area contributed by atoms with Crippen LogP contribution in [0.1, 0.15) is 29.4 Å². The lowest BCUT2D eigenvalue weighted by Gasteiger charge is -2.41. The highest BCUT2D eigenvalue weighted by molar-refractivity contribution is 5.85. The molecule has 1 aromatic heterocycles. The molecule has 1 aliphatic heterocycles. The minimum absolute atomic E-state index is 0.265. The van der Waals surface area contributed by atoms with Crippen molar-refractivity contribution in [1.82, 2.24) is 15.0 Å². The molecule has 2 heterocycles. The number of fused-ring (bicyclic) bond motifs is 1. The number of halogens is 1. The molecule has 1 unspecified atom stereocenters. The van der Waals surface area contributed by atoms with Crippen molar-refractivity contribution in [2.24, 2.45) is 0 Å². The van der Waals surface area contributed by atoms with E-state index in [-0.39, 0.29) is 18.4 Å². The maximum Gasteiger partial charge on any atom is 0.320 e. The molecule has 7 heteroatoms. The summed E-state index contributed by atoms with van der Waals surface area (Å²) in [5.74, 6) is -0.624. The molecule has 0 saturated heterocycles. The Hall–Kier alpha value is -4.00. The third kappa shape index (κ3) is 4.54. The first-order valence-corrected chi connectivity index (χ1v) is 11.8. The number of esters is 1. The number of carbonyl (C=O) groups is 1. The third-order valence-electron chi connectivity index (χ3n) is 6.42. The second kappa shape index (κ2) is 9.70. The van der Waals surface area contributed by atoms with Crippen LogP contribution < -0.4 is 4.90 Å². The number of hydrogen-bond donors (Lipinski definition) is 0. The lowest BCUT2D eigenvalue weighted by atomic mass is 9.74. The van der Waals surface area contributed by atoms with Crippen LogP contribution in [-0.4, -0.2) is 34.1 Å². The Morgan fingerprint density at radius 1 is 1.00 bits per heavy atom. The van der Waals surface area contributed by atoms with Gasteiger partial charge < -0.3 is 9.64 Å². The van der Waals surface area contributed by atoms with Gasteiger partial charge in [-0.1, -0.05) is 65.9 Å². The van der Waals surface area contributed by atoms with Crippen molar-refractivity contribution in [1.29, 1.82) is 0 Å². The molecule has 0 amide bonds. The predicted octanol–water partition coefficient (Wildman–Crippen LogP) is 4.53. The Morgan fingerprint density at radius 2 is 1.71 bits per heavy atom. The number of ether oxygens (including phenoxy) is 1.